The van der Waals surface area contributed by atoms with Gasteiger partial charge in [0.05, 0.1) is 4.92 Å². The molecule has 11 heteroatoms. The van der Waals surface area contributed by atoms with Crippen molar-refractivity contribution in [3.05, 3.63) is 80.4 Å². The van der Waals surface area contributed by atoms with Gasteiger partial charge in [-0.05, 0) is 36.8 Å². The second-order valence-corrected chi connectivity index (χ2v) is 8.45. The molecule has 2 aromatic heterocycles. The Bertz CT molecular complexity index is 1410. The first-order chi connectivity index (χ1) is 15.3. The van der Waals surface area contributed by atoms with Gasteiger partial charge in [-0.15, -0.1) is 5.10 Å². The standard InChI is InChI=1S/C21H18ClN7O2S/c1-13-10-19(25-17-9-6-15(22)11-18(17)29(30)31)28-21(24-13)32-20(26-28)23-12-14-4-7-16(8-5-14)27(2)3/h4-12H,1-3H3. The van der Waals surface area contributed by atoms with Crippen LogP contribution in [0, 0.1) is 17.0 Å². The second kappa shape index (κ2) is 8.85. The van der Waals surface area contributed by atoms with Crippen LogP contribution >= 0.6 is 22.9 Å². The molecule has 0 saturated carbocycles. The van der Waals surface area contributed by atoms with Gasteiger partial charge in [-0.1, -0.05) is 35.1 Å². The molecule has 0 N–H and O–H groups in total. The van der Waals surface area contributed by atoms with E-state index in [9.17, 15) is 10.1 Å². The summed E-state index contributed by atoms with van der Waals surface area (Å²) in [5.74, 6) is 0. The van der Waals surface area contributed by atoms with E-state index in [1.807, 2.05) is 50.2 Å². The Morgan fingerprint density at radius 2 is 1.94 bits per heavy atom. The van der Waals surface area contributed by atoms with Gasteiger partial charge in [0.1, 0.15) is 5.69 Å². The Kier molecular flexibility index (Phi) is 5.97. The highest BCUT2D eigenvalue weighted by Crippen LogP contribution is 2.30. The fourth-order valence-corrected chi connectivity index (χ4v) is 3.87. The zero-order valence-electron chi connectivity index (χ0n) is 17.4. The summed E-state index contributed by atoms with van der Waals surface area (Å²) >= 11 is 7.20. The molecule has 162 valence electrons. The summed E-state index contributed by atoms with van der Waals surface area (Å²) in [4.78, 5) is 26.9. The van der Waals surface area contributed by atoms with Gasteiger partial charge < -0.3 is 4.90 Å². The molecule has 4 rings (SSSR count). The number of hydrogen-bond donors (Lipinski definition) is 0. The van der Waals surface area contributed by atoms with Crippen LogP contribution in [-0.2, 0) is 0 Å². The largest absolute Gasteiger partial charge is 0.378 e. The number of hydrogen-bond acceptors (Lipinski definition) is 8. The van der Waals surface area contributed by atoms with E-state index in [-0.39, 0.29) is 16.4 Å². The Morgan fingerprint density at radius 1 is 1.19 bits per heavy atom. The molecule has 0 aliphatic rings. The molecular weight excluding hydrogens is 450 g/mol. The van der Waals surface area contributed by atoms with Gasteiger partial charge in [0.2, 0.25) is 10.1 Å². The summed E-state index contributed by atoms with van der Waals surface area (Å²) in [6.45, 7) is 1.82. The molecule has 0 bridgehead atoms. The van der Waals surface area contributed by atoms with Crippen LogP contribution < -0.4 is 10.4 Å². The molecule has 0 unspecified atom stereocenters. The fourth-order valence-electron chi connectivity index (χ4n) is 2.91. The lowest BCUT2D eigenvalue weighted by Gasteiger charge is -2.11. The molecule has 32 heavy (non-hydrogen) atoms. The van der Waals surface area contributed by atoms with Crippen molar-refractivity contribution in [1.82, 2.24) is 14.6 Å². The zero-order valence-corrected chi connectivity index (χ0v) is 19.0. The van der Waals surface area contributed by atoms with Crippen LogP contribution in [0.15, 0.2) is 58.5 Å². The van der Waals surface area contributed by atoms with Gasteiger partial charge in [0, 0.05) is 48.8 Å². The van der Waals surface area contributed by atoms with Crippen molar-refractivity contribution in [2.24, 2.45) is 9.98 Å². The molecule has 2 heterocycles. The highest BCUT2D eigenvalue weighted by atomic mass is 35.5. The first-order valence-electron chi connectivity index (χ1n) is 9.48. The van der Waals surface area contributed by atoms with E-state index in [0.717, 1.165) is 11.3 Å². The molecule has 0 atom stereocenters. The number of aliphatic imine (C=N–C) groups is 1. The molecular formula is C21H18ClN7O2S. The maximum atomic E-state index is 11.4. The second-order valence-electron chi connectivity index (χ2n) is 7.08. The summed E-state index contributed by atoms with van der Waals surface area (Å²) in [6.07, 6.45) is 1.73. The third-order valence-electron chi connectivity index (χ3n) is 4.48. The number of rotatable bonds is 5. The van der Waals surface area contributed by atoms with Crippen LogP contribution in [0.25, 0.3) is 4.96 Å². The number of nitro benzene ring substituents is 1. The molecule has 9 nitrogen and oxygen atoms in total. The Balaban J connectivity index is 1.75. The summed E-state index contributed by atoms with van der Waals surface area (Å²) in [7, 11) is 3.97. The van der Waals surface area contributed by atoms with Gasteiger partial charge in [0.25, 0.3) is 5.69 Å². The van der Waals surface area contributed by atoms with E-state index in [1.54, 1.807) is 18.3 Å². The Morgan fingerprint density at radius 3 is 2.62 bits per heavy atom. The number of nitrogens with zero attached hydrogens (tertiary/aromatic N) is 7. The highest BCUT2D eigenvalue weighted by molar-refractivity contribution is 7.20. The van der Waals surface area contributed by atoms with Crippen molar-refractivity contribution in [2.45, 2.75) is 6.92 Å². The van der Waals surface area contributed by atoms with E-state index < -0.39 is 4.92 Å². The first kappa shape index (κ1) is 21.6. The Hall–Kier alpha value is -3.63. The van der Waals surface area contributed by atoms with Crippen LogP contribution in [0.4, 0.5) is 22.2 Å². The van der Waals surface area contributed by atoms with Crippen molar-refractivity contribution in [3.8, 4) is 0 Å². The quantitative estimate of drug-likeness (QED) is 0.240. The zero-order chi connectivity index (χ0) is 22.8. The molecule has 0 amide bonds. The molecule has 4 aromatic rings. The Labute approximate surface area is 192 Å². The van der Waals surface area contributed by atoms with Crippen LogP contribution in [0.2, 0.25) is 5.02 Å². The number of aryl methyl sites for hydroxylation is 1. The predicted octanol–water partition coefficient (Wildman–Crippen LogP) is 4.71. The number of nitro groups is 1. The van der Waals surface area contributed by atoms with Gasteiger partial charge in [0.15, 0.2) is 5.49 Å². The summed E-state index contributed by atoms with van der Waals surface area (Å²) in [5.41, 5.74) is 3.14. The normalized spacial score (nSPS) is 12.1. The average Bonchev–Trinajstić information content (AvgIpc) is 3.16. The van der Waals surface area contributed by atoms with Crippen molar-refractivity contribution in [2.75, 3.05) is 19.0 Å². The minimum absolute atomic E-state index is 0.179. The first-order valence-corrected chi connectivity index (χ1v) is 10.7. The summed E-state index contributed by atoms with van der Waals surface area (Å²) in [5, 5.41) is 16.6. The van der Waals surface area contributed by atoms with E-state index in [1.165, 1.54) is 28.0 Å². The molecule has 0 saturated heterocycles. The smallest absolute Gasteiger partial charge is 0.296 e. The van der Waals surface area contributed by atoms with Crippen molar-refractivity contribution in [3.63, 3.8) is 0 Å². The van der Waals surface area contributed by atoms with Crippen LogP contribution in [0.5, 0.6) is 0 Å². The number of aromatic nitrogens is 3. The topological polar surface area (TPSA) is 101 Å². The number of benzene rings is 2. The number of anilines is 1. The van der Waals surface area contributed by atoms with E-state index in [2.05, 4.69) is 20.1 Å². The monoisotopic (exact) mass is 467 g/mol. The molecule has 0 fully saturated rings. The minimum Gasteiger partial charge on any atom is -0.378 e. The molecule has 0 radical (unpaired) electrons. The average molecular weight is 468 g/mol. The van der Waals surface area contributed by atoms with E-state index >= 15 is 0 Å². The van der Waals surface area contributed by atoms with E-state index in [4.69, 9.17) is 11.6 Å². The van der Waals surface area contributed by atoms with Crippen molar-refractivity contribution < 1.29 is 4.92 Å². The maximum Gasteiger partial charge on any atom is 0.296 e. The molecule has 0 aliphatic heterocycles. The lowest BCUT2D eigenvalue weighted by molar-refractivity contribution is -0.384. The highest BCUT2D eigenvalue weighted by Gasteiger charge is 2.14. The molecule has 2 aromatic carbocycles. The van der Waals surface area contributed by atoms with Gasteiger partial charge >= 0.3 is 0 Å². The van der Waals surface area contributed by atoms with Crippen LogP contribution in [0.3, 0.4) is 0 Å². The lowest BCUT2D eigenvalue weighted by Crippen LogP contribution is -2.16. The fraction of sp³-hybridized carbons (Fsp3) is 0.143. The number of fused-ring (bicyclic) bond motifs is 1. The SMILES string of the molecule is Cc1cc(=Nc2ccc(Cl)cc2[N+](=O)[O-])n2nc(N=Cc3ccc(N(C)C)cc3)sc2n1. The van der Waals surface area contributed by atoms with E-state index in [0.29, 0.717) is 21.3 Å². The third kappa shape index (κ3) is 4.66. The lowest BCUT2D eigenvalue weighted by atomic mass is 10.2. The van der Waals surface area contributed by atoms with Crippen LogP contribution in [0.1, 0.15) is 11.3 Å². The minimum atomic E-state index is -0.515. The molecule has 0 spiro atoms. The van der Waals surface area contributed by atoms with Gasteiger partial charge in [-0.3, -0.25) is 10.1 Å². The van der Waals surface area contributed by atoms with Crippen LogP contribution in [-0.4, -0.2) is 39.8 Å². The van der Waals surface area contributed by atoms with Crippen molar-refractivity contribution >= 4 is 56.3 Å². The summed E-state index contributed by atoms with van der Waals surface area (Å²) < 4.78 is 1.53. The van der Waals surface area contributed by atoms with Gasteiger partial charge in [-0.2, -0.15) is 4.52 Å². The van der Waals surface area contributed by atoms with Crippen molar-refractivity contribution in [1.29, 1.82) is 0 Å². The number of halogens is 1. The third-order valence-corrected chi connectivity index (χ3v) is 5.53. The summed E-state index contributed by atoms with van der Waals surface area (Å²) in [6, 6.07) is 14.0. The molecule has 0 aliphatic carbocycles. The maximum absolute atomic E-state index is 11.4. The van der Waals surface area contributed by atoms with Gasteiger partial charge in [-0.25, -0.2) is 15.0 Å². The predicted molar refractivity (Wildman–Crippen MR) is 127 cm³/mol.